The Balaban J connectivity index is 1.47. The van der Waals surface area contributed by atoms with Crippen LogP contribution in [0.3, 0.4) is 0 Å². The molecule has 32 heavy (non-hydrogen) atoms. The summed E-state index contributed by atoms with van der Waals surface area (Å²) in [5.74, 6) is -1.79. The topological polar surface area (TPSA) is 88.6 Å². The molecule has 1 aliphatic rings. The molecule has 0 spiro atoms. The first-order valence-corrected chi connectivity index (χ1v) is 9.28. The zero-order valence-corrected chi connectivity index (χ0v) is 16.2. The number of imide groups is 1. The molecular formula is C22H14F3N3O4. The summed E-state index contributed by atoms with van der Waals surface area (Å²) in [5.41, 5.74) is 1.26. The smallest absolute Gasteiger partial charge is 0.422 e. The van der Waals surface area contributed by atoms with Gasteiger partial charge in [0, 0.05) is 18.0 Å². The molecule has 7 nitrogen and oxygen atoms in total. The fourth-order valence-corrected chi connectivity index (χ4v) is 3.11. The highest BCUT2D eigenvalue weighted by atomic mass is 19.4. The lowest BCUT2D eigenvalue weighted by atomic mass is 10.1. The normalized spacial score (nSPS) is 13.2. The second-order valence-electron chi connectivity index (χ2n) is 6.78. The number of alkyl halides is 3. The predicted octanol–water partition coefficient (Wildman–Crippen LogP) is 4.08. The lowest BCUT2D eigenvalue weighted by Gasteiger charge is -2.15. The summed E-state index contributed by atoms with van der Waals surface area (Å²) >= 11 is 0. The maximum atomic E-state index is 12.6. The Morgan fingerprint density at radius 3 is 2.25 bits per heavy atom. The van der Waals surface area contributed by atoms with E-state index in [0.29, 0.717) is 16.8 Å². The number of ether oxygens (including phenoxy) is 1. The van der Waals surface area contributed by atoms with Gasteiger partial charge in [0.25, 0.3) is 17.7 Å². The maximum absolute atomic E-state index is 12.6. The van der Waals surface area contributed by atoms with Gasteiger partial charge < -0.3 is 10.1 Å². The van der Waals surface area contributed by atoms with Gasteiger partial charge in [-0.2, -0.15) is 13.2 Å². The van der Waals surface area contributed by atoms with Crippen LogP contribution < -0.4 is 15.0 Å². The number of hydrogen-bond acceptors (Lipinski definition) is 5. The molecule has 3 amide bonds. The summed E-state index contributed by atoms with van der Waals surface area (Å²) in [6.45, 7) is -1.49. The van der Waals surface area contributed by atoms with Crippen molar-refractivity contribution < 1.29 is 32.3 Å². The molecule has 1 aliphatic heterocycles. The number of pyridine rings is 1. The summed E-state index contributed by atoms with van der Waals surface area (Å²) in [6.07, 6.45) is -3.42. The molecule has 0 aliphatic carbocycles. The molecule has 0 atom stereocenters. The number of aromatic nitrogens is 1. The molecule has 2 aromatic carbocycles. The maximum Gasteiger partial charge on any atom is 0.422 e. The van der Waals surface area contributed by atoms with Crippen LogP contribution in [0.1, 0.15) is 31.1 Å². The summed E-state index contributed by atoms with van der Waals surface area (Å²) in [6, 6.07) is 15.0. The first-order chi connectivity index (χ1) is 15.2. The van der Waals surface area contributed by atoms with Crippen LogP contribution >= 0.6 is 0 Å². The third-order valence-electron chi connectivity index (χ3n) is 4.54. The van der Waals surface area contributed by atoms with Gasteiger partial charge in [0.15, 0.2) is 6.61 Å². The van der Waals surface area contributed by atoms with E-state index >= 15 is 0 Å². The summed E-state index contributed by atoms with van der Waals surface area (Å²) in [7, 11) is 0. The zero-order chi connectivity index (χ0) is 22.9. The SMILES string of the molecule is O=C(Nc1cccc(N2C(=O)c3ccccc3C2=O)c1)c1ccc(OCC(F)(F)F)nc1. The Morgan fingerprint density at radius 2 is 1.66 bits per heavy atom. The molecule has 1 N–H and O–H groups in total. The average Bonchev–Trinajstić information content (AvgIpc) is 3.03. The molecule has 2 heterocycles. The highest BCUT2D eigenvalue weighted by molar-refractivity contribution is 6.34. The number of fused-ring (bicyclic) bond motifs is 1. The van der Waals surface area contributed by atoms with Gasteiger partial charge in [-0.1, -0.05) is 18.2 Å². The highest BCUT2D eigenvalue weighted by Gasteiger charge is 2.36. The van der Waals surface area contributed by atoms with Crippen molar-refractivity contribution in [1.29, 1.82) is 0 Å². The minimum atomic E-state index is -4.50. The number of anilines is 2. The van der Waals surface area contributed by atoms with Gasteiger partial charge in [-0.05, 0) is 36.4 Å². The molecule has 1 aromatic heterocycles. The summed E-state index contributed by atoms with van der Waals surface area (Å²) in [4.78, 5) is 42.4. The standard InChI is InChI=1S/C22H14F3N3O4/c23-22(24,25)12-32-18-9-8-13(11-26-18)19(29)27-14-4-3-5-15(10-14)28-20(30)16-6-1-2-7-17(16)21(28)31/h1-11H,12H2,(H,27,29). The average molecular weight is 441 g/mol. The molecule has 0 unspecified atom stereocenters. The van der Waals surface area contributed by atoms with E-state index < -0.39 is 30.5 Å². The van der Waals surface area contributed by atoms with E-state index in [2.05, 4.69) is 15.0 Å². The van der Waals surface area contributed by atoms with Gasteiger partial charge in [-0.3, -0.25) is 14.4 Å². The second kappa shape index (κ2) is 8.14. The van der Waals surface area contributed by atoms with Gasteiger partial charge in [-0.15, -0.1) is 0 Å². The predicted molar refractivity (Wildman–Crippen MR) is 108 cm³/mol. The molecule has 3 aromatic rings. The number of benzene rings is 2. The monoisotopic (exact) mass is 441 g/mol. The van der Waals surface area contributed by atoms with Crippen molar-refractivity contribution in [1.82, 2.24) is 4.98 Å². The number of halogens is 3. The van der Waals surface area contributed by atoms with Gasteiger partial charge >= 0.3 is 6.18 Å². The van der Waals surface area contributed by atoms with Crippen molar-refractivity contribution in [3.63, 3.8) is 0 Å². The van der Waals surface area contributed by atoms with Gasteiger partial charge in [0.05, 0.1) is 22.4 Å². The van der Waals surface area contributed by atoms with Crippen molar-refractivity contribution in [3.05, 3.63) is 83.6 Å². The molecule has 162 valence electrons. The number of carbonyl (C=O) groups excluding carboxylic acids is 3. The van der Waals surface area contributed by atoms with Crippen LogP contribution in [0.25, 0.3) is 0 Å². The molecule has 0 bridgehead atoms. The van der Waals surface area contributed by atoms with E-state index in [0.717, 1.165) is 17.2 Å². The van der Waals surface area contributed by atoms with E-state index in [1.807, 2.05) is 0 Å². The van der Waals surface area contributed by atoms with Crippen molar-refractivity contribution in [2.45, 2.75) is 6.18 Å². The molecule has 0 saturated carbocycles. The molecule has 0 radical (unpaired) electrons. The number of nitrogens with one attached hydrogen (secondary N) is 1. The number of nitrogens with zero attached hydrogens (tertiary/aromatic N) is 2. The number of amides is 3. The van der Waals surface area contributed by atoms with Crippen LogP contribution in [0.5, 0.6) is 5.88 Å². The molecule has 4 rings (SSSR count). The van der Waals surface area contributed by atoms with E-state index in [1.54, 1.807) is 42.5 Å². The largest absolute Gasteiger partial charge is 0.468 e. The Labute approximate surface area is 179 Å². The minimum Gasteiger partial charge on any atom is -0.468 e. The van der Waals surface area contributed by atoms with Gasteiger partial charge in [-0.25, -0.2) is 9.88 Å². The number of hydrogen-bond donors (Lipinski definition) is 1. The Bertz CT molecular complexity index is 1170. The van der Waals surface area contributed by atoms with E-state index in [-0.39, 0.29) is 17.1 Å². The first kappa shape index (κ1) is 21.0. The van der Waals surface area contributed by atoms with Crippen molar-refractivity contribution in [2.24, 2.45) is 0 Å². The van der Waals surface area contributed by atoms with Crippen molar-refractivity contribution >= 4 is 29.1 Å². The van der Waals surface area contributed by atoms with E-state index in [9.17, 15) is 27.6 Å². The highest BCUT2D eigenvalue weighted by Crippen LogP contribution is 2.30. The van der Waals surface area contributed by atoms with Crippen LogP contribution in [-0.4, -0.2) is 35.5 Å². The van der Waals surface area contributed by atoms with Gasteiger partial charge in [0.2, 0.25) is 5.88 Å². The fourth-order valence-electron chi connectivity index (χ4n) is 3.11. The van der Waals surface area contributed by atoms with E-state index in [4.69, 9.17) is 0 Å². The van der Waals surface area contributed by atoms with E-state index in [1.165, 1.54) is 12.1 Å². The minimum absolute atomic E-state index is 0.0792. The molecule has 0 saturated heterocycles. The number of carbonyl (C=O) groups is 3. The van der Waals surface area contributed by atoms with Crippen LogP contribution in [-0.2, 0) is 0 Å². The van der Waals surface area contributed by atoms with Crippen LogP contribution in [0.15, 0.2) is 66.9 Å². The first-order valence-electron chi connectivity index (χ1n) is 9.28. The quantitative estimate of drug-likeness (QED) is 0.603. The zero-order valence-electron chi connectivity index (χ0n) is 16.2. The Morgan fingerprint density at radius 1 is 0.969 bits per heavy atom. The van der Waals surface area contributed by atoms with Crippen molar-refractivity contribution in [3.8, 4) is 5.88 Å². The van der Waals surface area contributed by atoms with Crippen LogP contribution in [0.2, 0.25) is 0 Å². The third kappa shape index (κ3) is 4.29. The summed E-state index contributed by atoms with van der Waals surface area (Å²) in [5, 5.41) is 2.60. The Hall–Kier alpha value is -4.21. The van der Waals surface area contributed by atoms with Crippen molar-refractivity contribution in [2.75, 3.05) is 16.8 Å². The van der Waals surface area contributed by atoms with Crippen LogP contribution in [0, 0.1) is 0 Å². The van der Waals surface area contributed by atoms with Crippen LogP contribution in [0.4, 0.5) is 24.5 Å². The second-order valence-corrected chi connectivity index (χ2v) is 6.78. The molecular weight excluding hydrogens is 427 g/mol. The third-order valence-corrected chi connectivity index (χ3v) is 4.54. The lowest BCUT2D eigenvalue weighted by Crippen LogP contribution is -2.29. The summed E-state index contributed by atoms with van der Waals surface area (Å²) < 4.78 is 41.1. The van der Waals surface area contributed by atoms with Gasteiger partial charge in [0.1, 0.15) is 0 Å². The fraction of sp³-hybridized carbons (Fsp3) is 0.0909. The lowest BCUT2D eigenvalue weighted by molar-refractivity contribution is -0.154. The molecule has 10 heteroatoms. The number of rotatable bonds is 5. The molecule has 0 fully saturated rings. The Kier molecular flexibility index (Phi) is 5.35.